The Bertz CT molecular complexity index is 2430. The predicted octanol–water partition coefficient (Wildman–Crippen LogP) is 5.43. The molecule has 17 nitrogen and oxygen atoms in total. The fourth-order valence-electron chi connectivity index (χ4n) is 7.42. The first kappa shape index (κ1) is 44.7. The van der Waals surface area contributed by atoms with E-state index in [9.17, 15) is 13.8 Å². The number of piperidine rings is 1. The van der Waals surface area contributed by atoms with Gasteiger partial charge in [0.2, 0.25) is 18.0 Å². The van der Waals surface area contributed by atoms with Crippen molar-refractivity contribution in [2.45, 2.75) is 63.9 Å². The van der Waals surface area contributed by atoms with Gasteiger partial charge in [0, 0.05) is 63.8 Å². The molecule has 20 heteroatoms. The zero-order valence-corrected chi connectivity index (χ0v) is 36.0. The number of nitrogens with one attached hydrogen (secondary N) is 4. The van der Waals surface area contributed by atoms with E-state index in [-0.39, 0.29) is 35.4 Å². The standard InChI is InChI=1S/C37H46F2N12O2S.C4H7NO2/c1-7-50(20-23(4)19-49-14-12-24(13-15-49)27-9-10-28-33(31(27)39)48(6)46-35(28)40-5)54(52)26-8-11-30(29(38)16-26)44-37-45-36-34(53-22(2)3)32(25-17-42-43-18-25)41-21-51(36)47-37;6-3-1-2-5-4-7/h8-11,16-18,21-24H,7,12-15,19-20H2,1-6H3,(H,40,46)(H,42,43)(H,44,47);3-4H,1-2H2,(H,5,7). The summed E-state index contributed by atoms with van der Waals surface area (Å²) in [6, 6.07) is 8.37. The molecule has 0 radical (unpaired) electrons. The van der Waals surface area contributed by atoms with E-state index < -0.39 is 16.8 Å². The third kappa shape index (κ3) is 10.5. The summed E-state index contributed by atoms with van der Waals surface area (Å²) < 4.78 is 55.9. The van der Waals surface area contributed by atoms with Crippen molar-refractivity contribution in [3.63, 3.8) is 0 Å². The number of hydrogen-bond acceptors (Lipinski definition) is 12. The van der Waals surface area contributed by atoms with Gasteiger partial charge in [-0.1, -0.05) is 19.9 Å². The van der Waals surface area contributed by atoms with Crippen LogP contribution in [0, 0.1) is 17.6 Å². The Morgan fingerprint density at radius 3 is 2.56 bits per heavy atom. The van der Waals surface area contributed by atoms with Crippen molar-refractivity contribution in [2.24, 2.45) is 13.0 Å². The molecule has 61 heavy (non-hydrogen) atoms. The van der Waals surface area contributed by atoms with Crippen LogP contribution < -0.4 is 20.7 Å². The van der Waals surface area contributed by atoms with E-state index >= 15 is 8.78 Å². The van der Waals surface area contributed by atoms with Crippen molar-refractivity contribution in [1.29, 1.82) is 0 Å². The molecule has 2 unspecified atom stereocenters. The van der Waals surface area contributed by atoms with Crippen LogP contribution >= 0.6 is 0 Å². The average Bonchev–Trinajstić information content (AvgIpc) is 4.01. The summed E-state index contributed by atoms with van der Waals surface area (Å²) in [7, 11) is 1.99. The Labute approximate surface area is 355 Å². The SMILES string of the molecule is CCN(CC(C)CN1CCC(c2ccc3c(NC)nn(C)c3c2F)CC1)S(=O)c1ccc(Nc2nc3c(OC(C)C)c(-c4cn[nH]c4)ncn3n2)c(F)c1.O=CCCNC=O. The molecule has 0 aliphatic carbocycles. The van der Waals surface area contributed by atoms with Crippen molar-refractivity contribution in [3.05, 3.63) is 66.3 Å². The van der Waals surface area contributed by atoms with E-state index in [1.807, 2.05) is 37.2 Å². The Morgan fingerprint density at radius 1 is 1.11 bits per heavy atom. The highest BCUT2D eigenvalue weighted by atomic mass is 32.2. The number of aryl methyl sites for hydroxylation is 1. The first-order chi connectivity index (χ1) is 29.5. The number of ether oxygens (including phenoxy) is 1. The minimum absolute atomic E-state index is 0.137. The molecule has 0 spiro atoms. The molecule has 1 saturated heterocycles. The van der Waals surface area contributed by atoms with E-state index in [1.165, 1.54) is 16.9 Å². The minimum Gasteiger partial charge on any atom is -0.485 e. The molecule has 4 aromatic heterocycles. The highest BCUT2D eigenvalue weighted by Gasteiger charge is 2.27. The number of hydrogen-bond donors (Lipinski definition) is 4. The number of aldehydes is 1. The van der Waals surface area contributed by atoms with Gasteiger partial charge in [-0.2, -0.15) is 19.7 Å². The predicted molar refractivity (Wildman–Crippen MR) is 230 cm³/mol. The van der Waals surface area contributed by atoms with Gasteiger partial charge in [0.1, 0.15) is 40.6 Å². The van der Waals surface area contributed by atoms with Gasteiger partial charge in [-0.25, -0.2) is 22.3 Å². The van der Waals surface area contributed by atoms with E-state index in [0.29, 0.717) is 65.8 Å². The van der Waals surface area contributed by atoms with Gasteiger partial charge in [0.05, 0.1) is 22.9 Å². The molecule has 2 atom stereocenters. The maximum atomic E-state index is 15.7. The highest BCUT2D eigenvalue weighted by molar-refractivity contribution is 7.82. The fraction of sp³-hybridized carbons (Fsp3) is 0.439. The molecule has 0 bridgehead atoms. The number of halogens is 2. The number of carbonyl (C=O) groups excluding carboxylic acids is 2. The Kier molecular flexibility index (Phi) is 15.1. The van der Waals surface area contributed by atoms with Gasteiger partial charge in [0.15, 0.2) is 17.4 Å². The number of H-pyrrole nitrogens is 1. The average molecular weight is 862 g/mol. The number of benzene rings is 2. The smallest absolute Gasteiger partial charge is 0.247 e. The molecular formula is C41H53F2N13O4S. The van der Waals surface area contributed by atoms with Gasteiger partial charge in [-0.05, 0) is 81.4 Å². The highest BCUT2D eigenvalue weighted by Crippen LogP contribution is 2.36. The number of nitrogens with zero attached hydrogens (tertiary/aromatic N) is 9. The molecule has 1 fully saturated rings. The Balaban J connectivity index is 0.000000819. The molecule has 5 heterocycles. The second kappa shape index (κ2) is 20.6. The normalized spacial score (nSPS) is 14.5. The zero-order valence-electron chi connectivity index (χ0n) is 35.2. The van der Waals surface area contributed by atoms with Crippen LogP contribution in [0.2, 0.25) is 0 Å². The zero-order chi connectivity index (χ0) is 43.6. The summed E-state index contributed by atoms with van der Waals surface area (Å²) in [6.07, 6.45) is 8.15. The third-order valence-electron chi connectivity index (χ3n) is 10.3. The quantitative estimate of drug-likeness (QED) is 0.0634. The molecular weight excluding hydrogens is 809 g/mol. The lowest BCUT2D eigenvalue weighted by Gasteiger charge is -2.34. The molecule has 1 amide bonds. The summed E-state index contributed by atoms with van der Waals surface area (Å²) in [5.74, 6) is 0.823. The molecule has 1 aliphatic heterocycles. The van der Waals surface area contributed by atoms with Crippen LogP contribution in [0.3, 0.4) is 0 Å². The number of aromatic amines is 1. The van der Waals surface area contributed by atoms with Crippen molar-refractivity contribution >= 4 is 57.7 Å². The summed E-state index contributed by atoms with van der Waals surface area (Å²) in [5.41, 5.74) is 3.11. The van der Waals surface area contributed by atoms with Gasteiger partial charge >= 0.3 is 0 Å². The summed E-state index contributed by atoms with van der Waals surface area (Å²) in [5, 5.41) is 24.7. The number of fused-ring (bicyclic) bond motifs is 2. The number of amides is 1. The monoisotopic (exact) mass is 861 g/mol. The first-order valence-electron chi connectivity index (χ1n) is 20.3. The number of rotatable bonds is 18. The number of anilines is 3. The van der Waals surface area contributed by atoms with Crippen LogP contribution in [-0.4, -0.2) is 118 Å². The first-order valence-corrected chi connectivity index (χ1v) is 21.4. The van der Waals surface area contributed by atoms with Crippen molar-refractivity contribution in [1.82, 2.24) is 54.1 Å². The van der Waals surface area contributed by atoms with Crippen LogP contribution in [0.15, 0.2) is 53.9 Å². The Morgan fingerprint density at radius 2 is 1.90 bits per heavy atom. The van der Waals surface area contributed by atoms with Crippen LogP contribution in [0.25, 0.3) is 27.8 Å². The number of carbonyl (C=O) groups is 2. The van der Waals surface area contributed by atoms with Crippen LogP contribution in [0.1, 0.15) is 58.4 Å². The largest absolute Gasteiger partial charge is 0.485 e. The topological polar surface area (TPSA) is 193 Å². The van der Waals surface area contributed by atoms with E-state index in [1.54, 1.807) is 43.3 Å². The van der Waals surface area contributed by atoms with E-state index in [0.717, 1.165) is 55.3 Å². The molecule has 6 aromatic rings. The lowest BCUT2D eigenvalue weighted by Crippen LogP contribution is -2.40. The molecule has 2 aromatic carbocycles. The number of likely N-dealkylation sites (tertiary alicyclic amines) is 1. The maximum Gasteiger partial charge on any atom is 0.247 e. The van der Waals surface area contributed by atoms with Crippen molar-refractivity contribution < 1.29 is 27.3 Å². The van der Waals surface area contributed by atoms with Gasteiger partial charge in [-0.3, -0.25) is 14.6 Å². The summed E-state index contributed by atoms with van der Waals surface area (Å²) in [6.45, 7) is 12.0. The fourth-order valence-corrected chi connectivity index (χ4v) is 8.73. The lowest BCUT2D eigenvalue weighted by atomic mass is 9.88. The van der Waals surface area contributed by atoms with E-state index in [4.69, 9.17) is 4.74 Å². The van der Waals surface area contributed by atoms with Crippen LogP contribution in [0.4, 0.5) is 26.2 Å². The lowest BCUT2D eigenvalue weighted by molar-refractivity contribution is -0.110. The van der Waals surface area contributed by atoms with Gasteiger partial charge in [0.25, 0.3) is 0 Å². The minimum atomic E-state index is -1.57. The van der Waals surface area contributed by atoms with Crippen LogP contribution in [-0.2, 0) is 27.6 Å². The second-order valence-electron chi connectivity index (χ2n) is 15.1. The van der Waals surface area contributed by atoms with Crippen LogP contribution in [0.5, 0.6) is 5.75 Å². The molecule has 326 valence electrons. The summed E-state index contributed by atoms with van der Waals surface area (Å²) >= 11 is 0. The van der Waals surface area contributed by atoms with E-state index in [2.05, 4.69) is 58.1 Å². The van der Waals surface area contributed by atoms with Crippen molar-refractivity contribution in [3.8, 4) is 17.0 Å². The van der Waals surface area contributed by atoms with Gasteiger partial charge < -0.3 is 30.4 Å². The Hall–Kier alpha value is -5.86. The van der Waals surface area contributed by atoms with Gasteiger partial charge in [-0.15, -0.1) is 5.10 Å². The second-order valence-corrected chi connectivity index (χ2v) is 16.6. The molecule has 4 N–H and O–H groups in total. The van der Waals surface area contributed by atoms with Crippen molar-refractivity contribution in [2.75, 3.05) is 56.9 Å². The third-order valence-corrected chi connectivity index (χ3v) is 11.8. The summed E-state index contributed by atoms with van der Waals surface area (Å²) in [4.78, 5) is 30.8. The molecule has 1 aliphatic rings. The number of aromatic nitrogens is 8. The molecule has 0 saturated carbocycles. The maximum absolute atomic E-state index is 15.7. The molecule has 7 rings (SSSR count).